The molecule has 8 heteroatoms. The summed E-state index contributed by atoms with van der Waals surface area (Å²) >= 11 is 0. The maximum absolute atomic E-state index is 10.9. The summed E-state index contributed by atoms with van der Waals surface area (Å²) in [6.07, 6.45) is 0.814. The van der Waals surface area contributed by atoms with E-state index in [0.717, 1.165) is 32.6 Å². The number of nitro groups is 1. The molecule has 0 radical (unpaired) electrons. The number of nitrogens with zero attached hydrogens (tertiary/aromatic N) is 2. The molecule has 0 aliphatic carbocycles. The molecule has 1 atom stereocenters. The van der Waals surface area contributed by atoms with Crippen molar-refractivity contribution in [3.63, 3.8) is 0 Å². The van der Waals surface area contributed by atoms with Gasteiger partial charge in [-0.1, -0.05) is 6.92 Å². The van der Waals surface area contributed by atoms with Gasteiger partial charge in [0.15, 0.2) is 0 Å². The number of aromatic hydroxyl groups is 1. The van der Waals surface area contributed by atoms with Gasteiger partial charge in [0.05, 0.1) is 4.92 Å². The Hall–Kier alpha value is -1.08. The highest BCUT2D eigenvalue weighted by molar-refractivity contribution is 5.85. The molecule has 0 aromatic heterocycles. The van der Waals surface area contributed by atoms with Gasteiger partial charge in [0.25, 0.3) is 5.69 Å². The molecule has 21 heavy (non-hydrogen) atoms. The molecule has 1 fully saturated rings. The minimum Gasteiger partial charge on any atom is -0.508 e. The van der Waals surface area contributed by atoms with Crippen LogP contribution >= 0.6 is 24.8 Å². The van der Waals surface area contributed by atoms with Crippen LogP contribution in [-0.4, -0.2) is 41.1 Å². The number of rotatable bonds is 4. The Labute approximate surface area is 136 Å². The van der Waals surface area contributed by atoms with Gasteiger partial charge < -0.3 is 10.4 Å². The van der Waals surface area contributed by atoms with E-state index in [1.807, 2.05) is 6.92 Å². The van der Waals surface area contributed by atoms with E-state index in [1.54, 1.807) is 0 Å². The lowest BCUT2D eigenvalue weighted by Gasteiger charge is -2.34. The van der Waals surface area contributed by atoms with Crippen LogP contribution in [0.25, 0.3) is 0 Å². The van der Waals surface area contributed by atoms with E-state index in [-0.39, 0.29) is 42.3 Å². The number of hydrogen-bond donors (Lipinski definition) is 2. The highest BCUT2D eigenvalue weighted by Gasteiger charge is 2.24. The third-order valence-corrected chi connectivity index (χ3v) is 3.56. The van der Waals surface area contributed by atoms with Crippen molar-refractivity contribution in [2.24, 2.45) is 0 Å². The van der Waals surface area contributed by atoms with Crippen molar-refractivity contribution in [2.45, 2.75) is 19.4 Å². The van der Waals surface area contributed by atoms with E-state index in [1.165, 1.54) is 18.2 Å². The number of halogens is 2. The van der Waals surface area contributed by atoms with Crippen molar-refractivity contribution >= 4 is 30.5 Å². The summed E-state index contributed by atoms with van der Waals surface area (Å²) in [5.74, 6) is 0.135. The highest BCUT2D eigenvalue weighted by Crippen LogP contribution is 2.33. The first-order valence-corrected chi connectivity index (χ1v) is 6.55. The first kappa shape index (κ1) is 19.9. The zero-order chi connectivity index (χ0) is 13.8. The van der Waals surface area contributed by atoms with Crippen molar-refractivity contribution in [2.75, 3.05) is 26.2 Å². The summed E-state index contributed by atoms with van der Waals surface area (Å²) < 4.78 is 0. The summed E-state index contributed by atoms with van der Waals surface area (Å²) in [5, 5.41) is 24.1. The lowest BCUT2D eigenvalue weighted by molar-refractivity contribution is -0.385. The number of non-ortho nitro benzene ring substituents is 1. The average Bonchev–Trinajstić information content (AvgIpc) is 2.42. The predicted molar refractivity (Wildman–Crippen MR) is 86.7 cm³/mol. The van der Waals surface area contributed by atoms with Crippen LogP contribution in [0.15, 0.2) is 18.2 Å². The van der Waals surface area contributed by atoms with Crippen molar-refractivity contribution in [1.29, 1.82) is 0 Å². The molecule has 6 nitrogen and oxygen atoms in total. The fourth-order valence-electron chi connectivity index (χ4n) is 2.59. The molecule has 0 spiro atoms. The van der Waals surface area contributed by atoms with Crippen molar-refractivity contribution in [3.05, 3.63) is 33.9 Å². The first-order valence-electron chi connectivity index (χ1n) is 6.55. The molecule has 0 saturated carbocycles. The number of nitro benzene ring substituents is 1. The third kappa shape index (κ3) is 4.71. The van der Waals surface area contributed by atoms with Gasteiger partial charge in [-0.15, -0.1) is 24.8 Å². The van der Waals surface area contributed by atoms with Crippen LogP contribution in [0.5, 0.6) is 5.75 Å². The number of nitrogens with one attached hydrogen (secondary N) is 1. The molecule has 0 bridgehead atoms. The molecule has 1 aromatic carbocycles. The minimum absolute atomic E-state index is 0. The van der Waals surface area contributed by atoms with Crippen LogP contribution < -0.4 is 5.32 Å². The SMILES string of the molecule is CC[C@H](c1cc([N+](=O)[O-])ccc1O)N1CCNCC1.Cl.Cl. The maximum Gasteiger partial charge on any atom is 0.270 e. The topological polar surface area (TPSA) is 78.6 Å². The maximum atomic E-state index is 10.9. The quantitative estimate of drug-likeness (QED) is 0.651. The first-order chi connectivity index (χ1) is 9.13. The third-order valence-electron chi connectivity index (χ3n) is 3.56. The smallest absolute Gasteiger partial charge is 0.270 e. The van der Waals surface area contributed by atoms with Crippen molar-refractivity contribution < 1.29 is 10.0 Å². The number of benzene rings is 1. The lowest BCUT2D eigenvalue weighted by Crippen LogP contribution is -2.45. The van der Waals surface area contributed by atoms with Crippen LogP contribution in [-0.2, 0) is 0 Å². The van der Waals surface area contributed by atoms with E-state index < -0.39 is 4.92 Å². The van der Waals surface area contributed by atoms with Crippen LogP contribution in [0.2, 0.25) is 0 Å². The van der Waals surface area contributed by atoms with E-state index in [2.05, 4.69) is 10.2 Å². The molecule has 1 aliphatic rings. The van der Waals surface area contributed by atoms with Gasteiger partial charge >= 0.3 is 0 Å². The Morgan fingerprint density at radius 3 is 2.52 bits per heavy atom. The van der Waals surface area contributed by atoms with Gasteiger partial charge in [0.1, 0.15) is 5.75 Å². The summed E-state index contributed by atoms with van der Waals surface area (Å²) in [4.78, 5) is 12.7. The van der Waals surface area contributed by atoms with E-state index >= 15 is 0 Å². The van der Waals surface area contributed by atoms with E-state index in [0.29, 0.717) is 5.56 Å². The molecule has 0 unspecified atom stereocenters. The van der Waals surface area contributed by atoms with Crippen LogP contribution in [0.4, 0.5) is 5.69 Å². The second-order valence-electron chi connectivity index (χ2n) is 4.71. The zero-order valence-electron chi connectivity index (χ0n) is 11.8. The zero-order valence-corrected chi connectivity index (χ0v) is 13.5. The summed E-state index contributed by atoms with van der Waals surface area (Å²) in [6.45, 7) is 5.63. The standard InChI is InChI=1S/C13H19N3O3.2ClH/c1-2-12(15-7-5-14-6-8-15)11-9-10(16(18)19)3-4-13(11)17;;/h3-4,9,12,14,17H,2,5-8H2,1H3;2*1H/t12-;;/m1../s1. The van der Waals surface area contributed by atoms with Crippen molar-refractivity contribution in [1.82, 2.24) is 10.2 Å². The van der Waals surface area contributed by atoms with Gasteiger partial charge in [-0.2, -0.15) is 0 Å². The van der Waals surface area contributed by atoms with Gasteiger partial charge in [-0.3, -0.25) is 15.0 Å². The minimum atomic E-state index is -0.423. The molecule has 1 heterocycles. The second kappa shape index (κ2) is 9.04. The molecule has 1 saturated heterocycles. The monoisotopic (exact) mass is 337 g/mol. The molecule has 2 rings (SSSR count). The Morgan fingerprint density at radius 2 is 2.00 bits per heavy atom. The molecule has 120 valence electrons. The number of phenolic OH excluding ortho intramolecular Hbond substituents is 1. The summed E-state index contributed by atoms with van der Waals surface area (Å²) in [6, 6.07) is 4.27. The van der Waals surface area contributed by atoms with Gasteiger partial charge in [0, 0.05) is 49.9 Å². The summed E-state index contributed by atoms with van der Waals surface area (Å²) in [5.41, 5.74) is 0.681. The molecular weight excluding hydrogens is 317 g/mol. The lowest BCUT2D eigenvalue weighted by atomic mass is 10.00. The fraction of sp³-hybridized carbons (Fsp3) is 0.538. The fourth-order valence-corrected chi connectivity index (χ4v) is 2.59. The van der Waals surface area contributed by atoms with Crippen LogP contribution in [0.3, 0.4) is 0 Å². The normalized spacial score (nSPS) is 16.4. The Bertz CT molecular complexity index is 468. The van der Waals surface area contributed by atoms with E-state index in [9.17, 15) is 15.2 Å². The van der Waals surface area contributed by atoms with Gasteiger partial charge in [0.2, 0.25) is 0 Å². The highest BCUT2D eigenvalue weighted by atomic mass is 35.5. The van der Waals surface area contributed by atoms with Crippen LogP contribution in [0.1, 0.15) is 24.9 Å². The van der Waals surface area contributed by atoms with E-state index in [4.69, 9.17) is 0 Å². The molecule has 2 N–H and O–H groups in total. The average molecular weight is 338 g/mol. The molecule has 1 aromatic rings. The Morgan fingerprint density at radius 1 is 1.38 bits per heavy atom. The number of phenols is 1. The van der Waals surface area contributed by atoms with Crippen molar-refractivity contribution in [3.8, 4) is 5.75 Å². The number of hydrogen-bond acceptors (Lipinski definition) is 5. The molecular formula is C13H21Cl2N3O3. The molecule has 0 amide bonds. The Balaban J connectivity index is 0.00000200. The van der Waals surface area contributed by atoms with Crippen LogP contribution in [0, 0.1) is 10.1 Å². The Kier molecular flexibility index (Phi) is 8.58. The largest absolute Gasteiger partial charge is 0.508 e. The predicted octanol–water partition coefficient (Wildman–Crippen LogP) is 2.50. The second-order valence-corrected chi connectivity index (χ2v) is 4.71. The van der Waals surface area contributed by atoms with Gasteiger partial charge in [-0.25, -0.2) is 0 Å². The summed E-state index contributed by atoms with van der Waals surface area (Å²) in [7, 11) is 0. The van der Waals surface area contributed by atoms with Gasteiger partial charge in [-0.05, 0) is 12.5 Å². The molecule has 1 aliphatic heterocycles. The number of piperazine rings is 1.